The summed E-state index contributed by atoms with van der Waals surface area (Å²) in [6.45, 7) is 9.55. The molecule has 0 radical (unpaired) electrons. The summed E-state index contributed by atoms with van der Waals surface area (Å²) in [7, 11) is 2.21. The van der Waals surface area contributed by atoms with Gasteiger partial charge in [0.25, 0.3) is 0 Å². The molecule has 0 bridgehead atoms. The second-order valence-corrected chi connectivity index (χ2v) is 5.77. The molecule has 2 atom stereocenters. The van der Waals surface area contributed by atoms with Crippen LogP contribution in [0.15, 0.2) is 0 Å². The van der Waals surface area contributed by atoms with Crippen molar-refractivity contribution in [1.82, 2.24) is 9.80 Å². The van der Waals surface area contributed by atoms with E-state index in [0.29, 0.717) is 5.92 Å². The number of hydrogen-bond acceptors (Lipinski definition) is 4. The zero-order valence-electron chi connectivity index (χ0n) is 11.3. The van der Waals surface area contributed by atoms with Crippen LogP contribution in [0.5, 0.6) is 0 Å². The van der Waals surface area contributed by atoms with Gasteiger partial charge in [-0.25, -0.2) is 0 Å². The van der Waals surface area contributed by atoms with Gasteiger partial charge in [0.05, 0.1) is 6.61 Å². The van der Waals surface area contributed by atoms with Gasteiger partial charge in [-0.3, -0.25) is 4.90 Å². The van der Waals surface area contributed by atoms with Crippen LogP contribution in [0.3, 0.4) is 0 Å². The summed E-state index contributed by atoms with van der Waals surface area (Å²) in [5, 5.41) is 0. The first-order chi connectivity index (χ1) is 8.16. The monoisotopic (exact) mass is 241 g/mol. The molecule has 0 aliphatic carbocycles. The molecular formula is C13H27N3O. The normalized spacial score (nSPS) is 32.3. The van der Waals surface area contributed by atoms with Crippen molar-refractivity contribution in [2.24, 2.45) is 11.7 Å². The molecule has 2 N–H and O–H groups in total. The fourth-order valence-electron chi connectivity index (χ4n) is 3.14. The van der Waals surface area contributed by atoms with Crippen LogP contribution >= 0.6 is 0 Å². The first kappa shape index (κ1) is 13.3. The summed E-state index contributed by atoms with van der Waals surface area (Å²) in [6.07, 6.45) is 2.42. The van der Waals surface area contributed by atoms with Gasteiger partial charge in [-0.1, -0.05) is 0 Å². The highest BCUT2D eigenvalue weighted by Crippen LogP contribution is 2.31. The molecule has 2 saturated heterocycles. The molecule has 0 amide bonds. The van der Waals surface area contributed by atoms with Crippen LogP contribution in [0, 0.1) is 5.92 Å². The lowest BCUT2D eigenvalue weighted by Gasteiger charge is -2.44. The number of hydrogen-bond donors (Lipinski definition) is 1. The molecule has 0 spiro atoms. The van der Waals surface area contributed by atoms with Crippen molar-refractivity contribution in [3.8, 4) is 0 Å². The molecule has 2 fully saturated rings. The molecule has 2 heterocycles. The van der Waals surface area contributed by atoms with Crippen molar-refractivity contribution in [2.75, 3.05) is 53.0 Å². The molecule has 4 nitrogen and oxygen atoms in total. The second kappa shape index (κ2) is 5.65. The zero-order chi connectivity index (χ0) is 12.3. The van der Waals surface area contributed by atoms with Gasteiger partial charge in [0.2, 0.25) is 0 Å². The van der Waals surface area contributed by atoms with Gasteiger partial charge >= 0.3 is 0 Å². The van der Waals surface area contributed by atoms with Crippen molar-refractivity contribution in [2.45, 2.75) is 25.3 Å². The van der Waals surface area contributed by atoms with E-state index in [9.17, 15) is 0 Å². The molecule has 0 aromatic rings. The Morgan fingerprint density at radius 1 is 1.29 bits per heavy atom. The van der Waals surface area contributed by atoms with Crippen LogP contribution in [-0.2, 0) is 4.74 Å². The molecule has 4 heteroatoms. The lowest BCUT2D eigenvalue weighted by atomic mass is 9.83. The predicted molar refractivity (Wildman–Crippen MR) is 70.1 cm³/mol. The lowest BCUT2D eigenvalue weighted by molar-refractivity contribution is 0.0486. The SMILES string of the molecule is CN1CCCN(C(C)(CN)C2CCOC2)CC1. The summed E-state index contributed by atoms with van der Waals surface area (Å²) in [4.78, 5) is 5.03. The molecule has 0 saturated carbocycles. The smallest absolute Gasteiger partial charge is 0.0513 e. The highest BCUT2D eigenvalue weighted by molar-refractivity contribution is 4.96. The van der Waals surface area contributed by atoms with Gasteiger partial charge in [0, 0.05) is 44.2 Å². The lowest BCUT2D eigenvalue weighted by Crippen LogP contribution is -2.57. The zero-order valence-corrected chi connectivity index (χ0v) is 11.3. The van der Waals surface area contributed by atoms with Crippen molar-refractivity contribution in [3.63, 3.8) is 0 Å². The van der Waals surface area contributed by atoms with Gasteiger partial charge in [0.1, 0.15) is 0 Å². The number of nitrogens with two attached hydrogens (primary N) is 1. The third-order valence-corrected chi connectivity index (χ3v) is 4.66. The first-order valence-corrected chi connectivity index (χ1v) is 6.88. The molecule has 2 aliphatic rings. The Kier molecular flexibility index (Phi) is 4.42. The van der Waals surface area contributed by atoms with Crippen LogP contribution < -0.4 is 5.73 Å². The van der Waals surface area contributed by atoms with Crippen LogP contribution in [0.2, 0.25) is 0 Å². The number of ether oxygens (including phenoxy) is 1. The molecule has 0 aromatic carbocycles. The molecule has 2 rings (SSSR count). The Hall–Kier alpha value is -0.160. The summed E-state index contributed by atoms with van der Waals surface area (Å²) >= 11 is 0. The van der Waals surface area contributed by atoms with Crippen LogP contribution in [0.25, 0.3) is 0 Å². The standard InChI is InChI=1S/C13H27N3O/c1-13(11-14,12-4-9-17-10-12)16-6-3-5-15(2)7-8-16/h12H,3-11,14H2,1-2H3. The van der Waals surface area contributed by atoms with E-state index < -0.39 is 0 Å². The summed E-state index contributed by atoms with van der Waals surface area (Å²) in [5.41, 5.74) is 6.22. The highest BCUT2D eigenvalue weighted by atomic mass is 16.5. The Labute approximate surface area is 105 Å². The van der Waals surface area contributed by atoms with Crippen molar-refractivity contribution in [1.29, 1.82) is 0 Å². The largest absolute Gasteiger partial charge is 0.381 e. The predicted octanol–water partition coefficient (Wildman–Crippen LogP) is 0.378. The quantitative estimate of drug-likeness (QED) is 0.775. The van der Waals surface area contributed by atoms with E-state index in [0.717, 1.165) is 32.8 Å². The van der Waals surface area contributed by atoms with E-state index in [1.54, 1.807) is 0 Å². The van der Waals surface area contributed by atoms with E-state index in [1.165, 1.54) is 25.9 Å². The fraction of sp³-hybridized carbons (Fsp3) is 1.00. The van der Waals surface area contributed by atoms with Gasteiger partial charge in [-0.15, -0.1) is 0 Å². The third-order valence-electron chi connectivity index (χ3n) is 4.66. The van der Waals surface area contributed by atoms with Crippen LogP contribution in [-0.4, -0.2) is 68.3 Å². The summed E-state index contributed by atoms with van der Waals surface area (Å²) < 4.78 is 5.56. The van der Waals surface area contributed by atoms with Crippen LogP contribution in [0.1, 0.15) is 19.8 Å². The Balaban J connectivity index is 2.04. The Morgan fingerprint density at radius 2 is 2.12 bits per heavy atom. The highest BCUT2D eigenvalue weighted by Gasteiger charge is 2.40. The topological polar surface area (TPSA) is 41.7 Å². The second-order valence-electron chi connectivity index (χ2n) is 5.77. The minimum atomic E-state index is 0.127. The first-order valence-electron chi connectivity index (χ1n) is 6.88. The van der Waals surface area contributed by atoms with Gasteiger partial charge in [0.15, 0.2) is 0 Å². The third kappa shape index (κ3) is 2.81. The van der Waals surface area contributed by atoms with Crippen LogP contribution in [0.4, 0.5) is 0 Å². The van der Waals surface area contributed by atoms with E-state index >= 15 is 0 Å². The fourth-order valence-corrected chi connectivity index (χ4v) is 3.14. The van der Waals surface area contributed by atoms with Gasteiger partial charge in [-0.05, 0) is 33.4 Å². The molecule has 2 unspecified atom stereocenters. The number of likely N-dealkylation sites (N-methyl/N-ethyl adjacent to an activating group) is 1. The van der Waals surface area contributed by atoms with E-state index in [4.69, 9.17) is 10.5 Å². The molecule has 0 aromatic heterocycles. The van der Waals surface area contributed by atoms with Gasteiger partial charge in [-0.2, -0.15) is 0 Å². The van der Waals surface area contributed by atoms with E-state index in [1.807, 2.05) is 0 Å². The Morgan fingerprint density at radius 3 is 2.76 bits per heavy atom. The van der Waals surface area contributed by atoms with Crippen molar-refractivity contribution in [3.05, 3.63) is 0 Å². The molecule has 100 valence electrons. The molecule has 2 aliphatic heterocycles. The maximum absolute atomic E-state index is 6.09. The van der Waals surface area contributed by atoms with E-state index in [-0.39, 0.29) is 5.54 Å². The number of rotatable bonds is 3. The van der Waals surface area contributed by atoms with Crippen molar-refractivity contribution < 1.29 is 4.74 Å². The Bertz CT molecular complexity index is 243. The molecular weight excluding hydrogens is 214 g/mol. The van der Waals surface area contributed by atoms with Gasteiger partial charge < -0.3 is 15.4 Å². The minimum Gasteiger partial charge on any atom is -0.381 e. The maximum Gasteiger partial charge on any atom is 0.0513 e. The van der Waals surface area contributed by atoms with E-state index in [2.05, 4.69) is 23.8 Å². The summed E-state index contributed by atoms with van der Waals surface area (Å²) in [6, 6.07) is 0. The molecule has 17 heavy (non-hydrogen) atoms. The average Bonchev–Trinajstić information content (AvgIpc) is 2.78. The minimum absolute atomic E-state index is 0.127. The van der Waals surface area contributed by atoms with Crippen molar-refractivity contribution >= 4 is 0 Å². The number of nitrogens with zero attached hydrogens (tertiary/aromatic N) is 2. The summed E-state index contributed by atoms with van der Waals surface area (Å²) in [5.74, 6) is 0.607. The average molecular weight is 241 g/mol. The maximum atomic E-state index is 6.09.